The second-order valence-electron chi connectivity index (χ2n) is 3.78. The van der Waals surface area contributed by atoms with Crippen molar-refractivity contribution in [2.45, 2.75) is 6.92 Å². The molecule has 2 aromatic rings. The maximum Gasteiger partial charge on any atom is 0.362 e. The van der Waals surface area contributed by atoms with Crippen LogP contribution in [0.25, 0.3) is 0 Å². The number of carbonyl (C=O) groups is 1. The fourth-order valence-corrected chi connectivity index (χ4v) is 1.52. The van der Waals surface area contributed by atoms with E-state index in [1.807, 2.05) is 19.1 Å². The average Bonchev–Trinajstić information content (AvgIpc) is 2.58. The van der Waals surface area contributed by atoms with Crippen LogP contribution in [-0.4, -0.2) is 15.7 Å². The standard InChI is InChI=1S/C12H13N3O2/c1-8-4-3-5-9(6-8)17-12(16)10-7-11(13)14-15(10)2/h3-7H,1-2H3,(H2,13,14). The molecule has 2 rings (SSSR count). The second kappa shape index (κ2) is 4.29. The molecule has 1 heterocycles. The Morgan fingerprint density at radius 2 is 2.18 bits per heavy atom. The Balaban J connectivity index is 2.20. The third-order valence-electron chi connectivity index (χ3n) is 2.31. The van der Waals surface area contributed by atoms with Gasteiger partial charge in [-0.05, 0) is 24.6 Å². The van der Waals surface area contributed by atoms with E-state index < -0.39 is 5.97 Å². The van der Waals surface area contributed by atoms with E-state index in [1.54, 1.807) is 19.2 Å². The summed E-state index contributed by atoms with van der Waals surface area (Å²) in [6.07, 6.45) is 0. The van der Waals surface area contributed by atoms with Crippen LogP contribution in [0.4, 0.5) is 5.82 Å². The lowest BCUT2D eigenvalue weighted by molar-refractivity contribution is 0.0723. The van der Waals surface area contributed by atoms with Gasteiger partial charge in [-0.3, -0.25) is 4.68 Å². The van der Waals surface area contributed by atoms with Gasteiger partial charge in [-0.2, -0.15) is 5.10 Å². The van der Waals surface area contributed by atoms with Gasteiger partial charge in [-0.25, -0.2) is 4.79 Å². The van der Waals surface area contributed by atoms with E-state index in [2.05, 4.69) is 5.10 Å². The molecular weight excluding hydrogens is 218 g/mol. The van der Waals surface area contributed by atoms with Crippen molar-refractivity contribution < 1.29 is 9.53 Å². The summed E-state index contributed by atoms with van der Waals surface area (Å²) < 4.78 is 6.62. The number of benzene rings is 1. The highest BCUT2D eigenvalue weighted by Gasteiger charge is 2.14. The van der Waals surface area contributed by atoms with Crippen molar-refractivity contribution in [2.24, 2.45) is 7.05 Å². The number of nitrogens with zero attached hydrogens (tertiary/aromatic N) is 2. The first-order chi connectivity index (χ1) is 8.06. The van der Waals surface area contributed by atoms with Gasteiger partial charge in [0.05, 0.1) is 0 Å². The zero-order valence-electron chi connectivity index (χ0n) is 9.68. The number of nitrogen functional groups attached to an aromatic ring is 1. The number of carbonyl (C=O) groups excluding carboxylic acids is 1. The first-order valence-corrected chi connectivity index (χ1v) is 5.14. The van der Waals surface area contributed by atoms with E-state index in [-0.39, 0.29) is 0 Å². The lowest BCUT2D eigenvalue weighted by Crippen LogP contribution is -2.13. The summed E-state index contributed by atoms with van der Waals surface area (Å²) >= 11 is 0. The van der Waals surface area contributed by atoms with Crippen molar-refractivity contribution in [2.75, 3.05) is 5.73 Å². The Labute approximate surface area is 98.8 Å². The topological polar surface area (TPSA) is 70.1 Å². The zero-order valence-corrected chi connectivity index (χ0v) is 9.68. The quantitative estimate of drug-likeness (QED) is 0.628. The van der Waals surface area contributed by atoms with Gasteiger partial charge >= 0.3 is 5.97 Å². The molecule has 5 nitrogen and oxygen atoms in total. The molecule has 88 valence electrons. The molecule has 17 heavy (non-hydrogen) atoms. The molecule has 0 spiro atoms. The largest absolute Gasteiger partial charge is 0.422 e. The summed E-state index contributed by atoms with van der Waals surface area (Å²) in [5, 5.41) is 3.88. The predicted molar refractivity (Wildman–Crippen MR) is 63.8 cm³/mol. The monoisotopic (exact) mass is 231 g/mol. The average molecular weight is 231 g/mol. The fourth-order valence-electron chi connectivity index (χ4n) is 1.52. The van der Waals surface area contributed by atoms with Gasteiger partial charge in [0.1, 0.15) is 17.3 Å². The molecule has 0 amide bonds. The summed E-state index contributed by atoms with van der Waals surface area (Å²) in [6, 6.07) is 8.76. The number of nitrogens with two attached hydrogens (primary N) is 1. The third kappa shape index (κ3) is 2.44. The Morgan fingerprint density at radius 3 is 2.76 bits per heavy atom. The van der Waals surface area contributed by atoms with Gasteiger partial charge in [0.2, 0.25) is 0 Å². The number of hydrogen-bond acceptors (Lipinski definition) is 4. The molecule has 0 saturated heterocycles. The number of ether oxygens (including phenoxy) is 1. The van der Waals surface area contributed by atoms with Crippen LogP contribution in [0.1, 0.15) is 16.1 Å². The molecule has 0 saturated carbocycles. The van der Waals surface area contributed by atoms with Crippen molar-refractivity contribution in [1.82, 2.24) is 9.78 Å². The molecule has 0 aliphatic rings. The highest BCUT2D eigenvalue weighted by atomic mass is 16.5. The number of rotatable bonds is 2. The summed E-state index contributed by atoms with van der Waals surface area (Å²) in [6.45, 7) is 1.93. The first kappa shape index (κ1) is 11.2. The number of esters is 1. The van der Waals surface area contributed by atoms with E-state index in [4.69, 9.17) is 10.5 Å². The van der Waals surface area contributed by atoms with Crippen molar-refractivity contribution in [1.29, 1.82) is 0 Å². The van der Waals surface area contributed by atoms with Crippen molar-refractivity contribution in [3.8, 4) is 5.75 Å². The summed E-state index contributed by atoms with van der Waals surface area (Å²) in [5.74, 6) is 0.334. The lowest BCUT2D eigenvalue weighted by atomic mass is 10.2. The minimum Gasteiger partial charge on any atom is -0.422 e. The van der Waals surface area contributed by atoms with Crippen LogP contribution in [-0.2, 0) is 7.05 Å². The van der Waals surface area contributed by atoms with Gasteiger partial charge in [0.25, 0.3) is 0 Å². The van der Waals surface area contributed by atoms with Crippen molar-refractivity contribution >= 4 is 11.8 Å². The number of hydrogen-bond donors (Lipinski definition) is 1. The molecule has 1 aromatic heterocycles. The molecule has 0 aliphatic heterocycles. The Morgan fingerprint density at radius 1 is 1.41 bits per heavy atom. The molecule has 0 unspecified atom stereocenters. The fraction of sp³-hybridized carbons (Fsp3) is 0.167. The maximum absolute atomic E-state index is 11.8. The van der Waals surface area contributed by atoms with E-state index in [1.165, 1.54) is 10.7 Å². The Hall–Kier alpha value is -2.30. The zero-order chi connectivity index (χ0) is 12.4. The van der Waals surface area contributed by atoms with Gasteiger partial charge in [-0.1, -0.05) is 12.1 Å². The minimum absolute atomic E-state index is 0.295. The SMILES string of the molecule is Cc1cccc(OC(=O)c2cc(N)nn2C)c1. The predicted octanol–water partition coefficient (Wildman–Crippen LogP) is 1.53. The molecule has 0 aliphatic carbocycles. The number of anilines is 1. The lowest BCUT2D eigenvalue weighted by Gasteiger charge is -2.04. The van der Waals surface area contributed by atoms with Crippen LogP contribution >= 0.6 is 0 Å². The highest BCUT2D eigenvalue weighted by molar-refractivity contribution is 5.90. The van der Waals surface area contributed by atoms with Crippen LogP contribution < -0.4 is 10.5 Å². The maximum atomic E-state index is 11.8. The van der Waals surface area contributed by atoms with E-state index in [0.29, 0.717) is 17.3 Å². The number of aryl methyl sites for hydroxylation is 2. The molecule has 0 bridgehead atoms. The molecule has 5 heteroatoms. The van der Waals surface area contributed by atoms with Crippen molar-refractivity contribution in [3.63, 3.8) is 0 Å². The summed E-state index contributed by atoms with van der Waals surface area (Å²) in [5.41, 5.74) is 6.85. The molecule has 1 aromatic carbocycles. The smallest absolute Gasteiger partial charge is 0.362 e. The number of aromatic nitrogens is 2. The van der Waals surface area contributed by atoms with Crippen LogP contribution in [0.5, 0.6) is 5.75 Å². The summed E-state index contributed by atoms with van der Waals surface area (Å²) in [7, 11) is 1.64. The van der Waals surface area contributed by atoms with Crippen LogP contribution in [0.3, 0.4) is 0 Å². The van der Waals surface area contributed by atoms with Gasteiger partial charge < -0.3 is 10.5 Å². The normalized spacial score (nSPS) is 10.2. The Bertz CT molecular complexity index is 561. The highest BCUT2D eigenvalue weighted by Crippen LogP contribution is 2.15. The molecular formula is C12H13N3O2. The Kier molecular flexibility index (Phi) is 2.82. The van der Waals surface area contributed by atoms with E-state index in [9.17, 15) is 4.79 Å². The van der Waals surface area contributed by atoms with Crippen LogP contribution in [0, 0.1) is 6.92 Å². The van der Waals surface area contributed by atoms with Gasteiger partial charge in [0, 0.05) is 13.1 Å². The summed E-state index contributed by atoms with van der Waals surface area (Å²) in [4.78, 5) is 11.8. The van der Waals surface area contributed by atoms with Crippen LogP contribution in [0.2, 0.25) is 0 Å². The molecule has 0 fully saturated rings. The van der Waals surface area contributed by atoms with Gasteiger partial charge in [0.15, 0.2) is 0 Å². The molecule has 0 atom stereocenters. The second-order valence-corrected chi connectivity index (χ2v) is 3.78. The first-order valence-electron chi connectivity index (χ1n) is 5.14. The van der Waals surface area contributed by atoms with Crippen molar-refractivity contribution in [3.05, 3.63) is 41.6 Å². The van der Waals surface area contributed by atoms with E-state index >= 15 is 0 Å². The van der Waals surface area contributed by atoms with E-state index in [0.717, 1.165) is 5.56 Å². The third-order valence-corrected chi connectivity index (χ3v) is 2.31. The molecule has 2 N–H and O–H groups in total. The molecule has 0 radical (unpaired) electrons. The minimum atomic E-state index is -0.470. The van der Waals surface area contributed by atoms with Gasteiger partial charge in [-0.15, -0.1) is 0 Å². The van der Waals surface area contributed by atoms with Crippen LogP contribution in [0.15, 0.2) is 30.3 Å².